The molecule has 6 aromatic rings. The van der Waals surface area contributed by atoms with Crippen LogP contribution >= 0.6 is 0 Å². The molecule has 2 heterocycles. The summed E-state index contributed by atoms with van der Waals surface area (Å²) in [5.41, 5.74) is 5.39. The predicted octanol–water partition coefficient (Wildman–Crippen LogP) is 7.61. The van der Waals surface area contributed by atoms with E-state index in [1.54, 1.807) is 18.3 Å². The summed E-state index contributed by atoms with van der Waals surface area (Å²) in [6.45, 7) is 0. The Hall–Kier alpha value is -3.98. The van der Waals surface area contributed by atoms with Crippen molar-refractivity contribution in [1.82, 2.24) is 4.98 Å². The minimum Gasteiger partial charge on any atom is -0.455 e. The van der Waals surface area contributed by atoms with Crippen molar-refractivity contribution in [3.05, 3.63) is 103 Å². The summed E-state index contributed by atoms with van der Waals surface area (Å²) in [5.74, 6) is -0.243. The van der Waals surface area contributed by atoms with E-state index in [0.29, 0.717) is 0 Å². The summed E-state index contributed by atoms with van der Waals surface area (Å²) < 4.78 is 19.6. The zero-order valence-electron chi connectivity index (χ0n) is 16.0. The standard InChI is InChI=1S/C27H16FNO/c28-20-11-8-17(9-12-20)19-14-15-29-24(16-19)22-6-3-7-23-26-21-5-2-1-4-18(21)10-13-25(26)30-27(22)23/h1-16H. The number of pyridine rings is 1. The zero-order valence-corrected chi connectivity index (χ0v) is 16.0. The molecule has 2 aromatic heterocycles. The number of aromatic nitrogens is 1. The van der Waals surface area contributed by atoms with Crippen molar-refractivity contribution in [3.8, 4) is 22.4 Å². The van der Waals surface area contributed by atoms with Gasteiger partial charge in [0.25, 0.3) is 0 Å². The Labute approximate surface area is 172 Å². The van der Waals surface area contributed by atoms with Crippen LogP contribution in [0.3, 0.4) is 0 Å². The molecular weight excluding hydrogens is 373 g/mol. The number of halogens is 1. The van der Waals surface area contributed by atoms with Crippen LogP contribution < -0.4 is 0 Å². The van der Waals surface area contributed by atoms with E-state index in [1.165, 1.54) is 22.9 Å². The topological polar surface area (TPSA) is 26.0 Å². The Kier molecular flexibility index (Phi) is 3.68. The van der Waals surface area contributed by atoms with Gasteiger partial charge in [-0.3, -0.25) is 4.98 Å². The molecule has 4 aromatic carbocycles. The maximum atomic E-state index is 13.3. The summed E-state index contributed by atoms with van der Waals surface area (Å²) in [4.78, 5) is 4.60. The van der Waals surface area contributed by atoms with Crippen molar-refractivity contribution < 1.29 is 8.81 Å². The van der Waals surface area contributed by atoms with Crippen LogP contribution in [0.5, 0.6) is 0 Å². The third kappa shape index (κ3) is 2.60. The minimum atomic E-state index is -0.243. The molecule has 0 spiro atoms. The smallest absolute Gasteiger partial charge is 0.144 e. The lowest BCUT2D eigenvalue weighted by Gasteiger charge is -2.06. The SMILES string of the molecule is Fc1ccc(-c2ccnc(-c3cccc4c3oc3ccc5ccccc5c34)c2)cc1. The fourth-order valence-electron chi connectivity index (χ4n) is 4.17. The zero-order chi connectivity index (χ0) is 20.1. The van der Waals surface area contributed by atoms with E-state index in [1.807, 2.05) is 36.4 Å². The highest BCUT2D eigenvalue weighted by molar-refractivity contribution is 6.20. The number of hydrogen-bond donors (Lipinski definition) is 0. The number of hydrogen-bond acceptors (Lipinski definition) is 2. The molecule has 0 bridgehead atoms. The van der Waals surface area contributed by atoms with Crippen LogP contribution in [0, 0.1) is 5.82 Å². The maximum Gasteiger partial charge on any atom is 0.144 e. The van der Waals surface area contributed by atoms with Crippen LogP contribution in [-0.2, 0) is 0 Å². The van der Waals surface area contributed by atoms with E-state index in [0.717, 1.165) is 44.3 Å². The average Bonchev–Trinajstić information content (AvgIpc) is 3.19. The molecule has 3 heteroatoms. The van der Waals surface area contributed by atoms with Crippen LogP contribution in [0.1, 0.15) is 0 Å². The fourth-order valence-corrected chi connectivity index (χ4v) is 4.17. The van der Waals surface area contributed by atoms with Gasteiger partial charge in [0.2, 0.25) is 0 Å². The van der Waals surface area contributed by atoms with Gasteiger partial charge in [0.15, 0.2) is 0 Å². The quantitative estimate of drug-likeness (QED) is 0.305. The second-order valence-corrected chi connectivity index (χ2v) is 7.38. The molecule has 0 aliphatic heterocycles. The van der Waals surface area contributed by atoms with Crippen molar-refractivity contribution in [2.45, 2.75) is 0 Å². The summed E-state index contributed by atoms with van der Waals surface area (Å²) >= 11 is 0. The fraction of sp³-hybridized carbons (Fsp3) is 0. The highest BCUT2D eigenvalue weighted by Crippen LogP contribution is 2.39. The van der Waals surface area contributed by atoms with E-state index < -0.39 is 0 Å². The Morgan fingerprint density at radius 1 is 0.700 bits per heavy atom. The van der Waals surface area contributed by atoms with Gasteiger partial charge in [-0.2, -0.15) is 0 Å². The van der Waals surface area contributed by atoms with Crippen molar-refractivity contribution >= 4 is 32.7 Å². The molecule has 0 unspecified atom stereocenters. The lowest BCUT2D eigenvalue weighted by atomic mass is 10.0. The van der Waals surface area contributed by atoms with Gasteiger partial charge in [-0.05, 0) is 58.3 Å². The number of furan rings is 1. The monoisotopic (exact) mass is 389 g/mol. The molecule has 0 amide bonds. The number of benzene rings is 4. The van der Waals surface area contributed by atoms with Gasteiger partial charge in [-0.25, -0.2) is 4.39 Å². The van der Waals surface area contributed by atoms with Gasteiger partial charge < -0.3 is 4.42 Å². The molecule has 2 nitrogen and oxygen atoms in total. The Balaban J connectivity index is 1.59. The highest BCUT2D eigenvalue weighted by atomic mass is 19.1. The molecule has 0 aliphatic rings. The van der Waals surface area contributed by atoms with Gasteiger partial charge in [0.05, 0.1) is 5.69 Å². The first-order valence-corrected chi connectivity index (χ1v) is 9.83. The summed E-state index contributed by atoms with van der Waals surface area (Å²) in [5, 5.41) is 4.57. The van der Waals surface area contributed by atoms with Gasteiger partial charge in [-0.1, -0.05) is 54.6 Å². The van der Waals surface area contributed by atoms with E-state index in [4.69, 9.17) is 4.42 Å². The van der Waals surface area contributed by atoms with E-state index in [2.05, 4.69) is 35.3 Å². The molecule has 0 atom stereocenters. The van der Waals surface area contributed by atoms with Gasteiger partial charge in [-0.15, -0.1) is 0 Å². The van der Waals surface area contributed by atoms with E-state index in [9.17, 15) is 4.39 Å². The molecule has 0 radical (unpaired) electrons. The van der Waals surface area contributed by atoms with Crippen LogP contribution in [-0.4, -0.2) is 4.98 Å². The molecule has 0 saturated heterocycles. The van der Waals surface area contributed by atoms with Gasteiger partial charge in [0.1, 0.15) is 17.0 Å². The predicted molar refractivity (Wildman–Crippen MR) is 120 cm³/mol. The second-order valence-electron chi connectivity index (χ2n) is 7.38. The van der Waals surface area contributed by atoms with Crippen molar-refractivity contribution in [2.75, 3.05) is 0 Å². The first-order valence-electron chi connectivity index (χ1n) is 9.83. The summed E-state index contributed by atoms with van der Waals surface area (Å²) in [6.07, 6.45) is 1.78. The molecule has 0 fully saturated rings. The molecule has 6 rings (SSSR count). The lowest BCUT2D eigenvalue weighted by Crippen LogP contribution is -1.86. The first-order chi connectivity index (χ1) is 14.8. The van der Waals surface area contributed by atoms with Crippen molar-refractivity contribution in [1.29, 1.82) is 0 Å². The van der Waals surface area contributed by atoms with Gasteiger partial charge in [0, 0.05) is 22.5 Å². The van der Waals surface area contributed by atoms with E-state index in [-0.39, 0.29) is 5.82 Å². The first kappa shape index (κ1) is 16.9. The van der Waals surface area contributed by atoms with Crippen LogP contribution in [0.4, 0.5) is 4.39 Å². The van der Waals surface area contributed by atoms with Crippen LogP contribution in [0.2, 0.25) is 0 Å². The Morgan fingerprint density at radius 3 is 2.43 bits per heavy atom. The highest BCUT2D eigenvalue weighted by Gasteiger charge is 2.15. The molecule has 142 valence electrons. The molecule has 0 saturated carbocycles. The summed E-state index contributed by atoms with van der Waals surface area (Å²) in [7, 11) is 0. The maximum absolute atomic E-state index is 13.3. The number of rotatable bonds is 2. The van der Waals surface area contributed by atoms with E-state index >= 15 is 0 Å². The minimum absolute atomic E-state index is 0.243. The van der Waals surface area contributed by atoms with Gasteiger partial charge >= 0.3 is 0 Å². The average molecular weight is 389 g/mol. The van der Waals surface area contributed by atoms with Crippen molar-refractivity contribution in [3.63, 3.8) is 0 Å². The van der Waals surface area contributed by atoms with Crippen LogP contribution in [0.15, 0.2) is 102 Å². The molecule has 30 heavy (non-hydrogen) atoms. The largest absolute Gasteiger partial charge is 0.455 e. The Bertz CT molecular complexity index is 1550. The molecule has 0 N–H and O–H groups in total. The number of nitrogens with zero attached hydrogens (tertiary/aromatic N) is 1. The third-order valence-corrected chi connectivity index (χ3v) is 5.60. The van der Waals surface area contributed by atoms with Crippen molar-refractivity contribution in [2.24, 2.45) is 0 Å². The number of para-hydroxylation sites is 1. The second kappa shape index (κ2) is 6.53. The molecule has 0 aliphatic carbocycles. The normalized spacial score (nSPS) is 11.5. The Morgan fingerprint density at radius 2 is 1.53 bits per heavy atom. The third-order valence-electron chi connectivity index (χ3n) is 5.60. The number of fused-ring (bicyclic) bond motifs is 5. The summed E-state index contributed by atoms with van der Waals surface area (Å²) in [6, 6.07) is 29.1. The molecular formula is C27H16FNO. The van der Waals surface area contributed by atoms with Crippen LogP contribution in [0.25, 0.3) is 55.1 Å². The lowest BCUT2D eigenvalue weighted by molar-refractivity contribution is 0.628.